The van der Waals surface area contributed by atoms with E-state index in [1.54, 1.807) is 7.11 Å². The van der Waals surface area contributed by atoms with Crippen molar-refractivity contribution in [3.8, 4) is 5.75 Å². The lowest BCUT2D eigenvalue weighted by Gasteiger charge is -2.21. The molecular formula is C14H23ClN2O. The number of aryl methyl sites for hydroxylation is 1. The first-order valence-corrected chi connectivity index (χ1v) is 6.65. The maximum atomic E-state index is 6.08. The fourth-order valence-electron chi connectivity index (χ4n) is 1.80. The minimum Gasteiger partial charge on any atom is -0.495 e. The summed E-state index contributed by atoms with van der Waals surface area (Å²) < 4.78 is 5.33. The Morgan fingerprint density at radius 1 is 1.39 bits per heavy atom. The molecule has 1 atom stereocenters. The number of nitrogens with two attached hydrogens (primary N) is 1. The first-order valence-electron chi connectivity index (χ1n) is 6.27. The second-order valence-corrected chi connectivity index (χ2v) is 5.33. The second-order valence-electron chi connectivity index (χ2n) is 4.92. The highest BCUT2D eigenvalue weighted by Gasteiger charge is 2.13. The minimum atomic E-state index is 0.450. The van der Waals surface area contributed by atoms with Crippen LogP contribution in [0, 0.1) is 18.8 Å². The third-order valence-corrected chi connectivity index (χ3v) is 3.69. The molecule has 1 unspecified atom stereocenters. The van der Waals surface area contributed by atoms with Crippen LogP contribution in [0.1, 0.15) is 19.4 Å². The highest BCUT2D eigenvalue weighted by molar-refractivity contribution is 6.31. The van der Waals surface area contributed by atoms with Gasteiger partial charge in [0, 0.05) is 17.6 Å². The van der Waals surface area contributed by atoms with Crippen LogP contribution in [0.4, 0.5) is 5.69 Å². The molecule has 0 saturated carbocycles. The summed E-state index contributed by atoms with van der Waals surface area (Å²) >= 11 is 6.08. The van der Waals surface area contributed by atoms with Crippen LogP contribution in [0.5, 0.6) is 5.75 Å². The van der Waals surface area contributed by atoms with Gasteiger partial charge in [-0.2, -0.15) is 0 Å². The van der Waals surface area contributed by atoms with Gasteiger partial charge in [-0.15, -0.1) is 0 Å². The fraction of sp³-hybridized carbons (Fsp3) is 0.571. The molecule has 0 saturated heterocycles. The van der Waals surface area contributed by atoms with Gasteiger partial charge in [-0.05, 0) is 36.9 Å². The van der Waals surface area contributed by atoms with Crippen LogP contribution in [-0.4, -0.2) is 20.2 Å². The molecule has 3 N–H and O–H groups in total. The van der Waals surface area contributed by atoms with Gasteiger partial charge < -0.3 is 15.8 Å². The standard InChI is InChI=1S/C14H23ClN2O/c1-9(2)11(7-16)8-17-13-5-10(3)12(15)6-14(13)18-4/h5-6,9,11,17H,7-8,16H2,1-4H3. The van der Waals surface area contributed by atoms with E-state index < -0.39 is 0 Å². The number of methoxy groups -OCH3 is 1. The summed E-state index contributed by atoms with van der Waals surface area (Å²) in [5, 5.41) is 4.12. The number of benzene rings is 1. The fourth-order valence-corrected chi connectivity index (χ4v) is 1.96. The number of rotatable bonds is 6. The lowest BCUT2D eigenvalue weighted by atomic mass is 9.96. The number of halogens is 1. The van der Waals surface area contributed by atoms with E-state index in [0.717, 1.165) is 28.6 Å². The van der Waals surface area contributed by atoms with Crippen LogP contribution in [0.25, 0.3) is 0 Å². The van der Waals surface area contributed by atoms with E-state index in [-0.39, 0.29) is 0 Å². The molecule has 102 valence electrons. The molecule has 0 radical (unpaired) electrons. The molecule has 3 nitrogen and oxygen atoms in total. The van der Waals surface area contributed by atoms with Crippen LogP contribution < -0.4 is 15.8 Å². The maximum Gasteiger partial charge on any atom is 0.143 e. The zero-order valence-corrected chi connectivity index (χ0v) is 12.3. The molecule has 0 spiro atoms. The normalized spacial score (nSPS) is 12.6. The number of hydrogen-bond acceptors (Lipinski definition) is 3. The van der Waals surface area contributed by atoms with E-state index in [1.807, 2.05) is 19.1 Å². The summed E-state index contributed by atoms with van der Waals surface area (Å²) in [6.45, 7) is 7.87. The number of hydrogen-bond donors (Lipinski definition) is 2. The molecule has 0 aliphatic carbocycles. The summed E-state index contributed by atoms with van der Waals surface area (Å²) in [6, 6.07) is 3.85. The number of anilines is 1. The van der Waals surface area contributed by atoms with Crippen molar-refractivity contribution in [3.63, 3.8) is 0 Å². The lowest BCUT2D eigenvalue weighted by Crippen LogP contribution is -2.27. The zero-order chi connectivity index (χ0) is 13.7. The Morgan fingerprint density at radius 3 is 2.56 bits per heavy atom. The van der Waals surface area contributed by atoms with Crippen LogP contribution in [-0.2, 0) is 0 Å². The van der Waals surface area contributed by atoms with Gasteiger partial charge in [0.2, 0.25) is 0 Å². The quantitative estimate of drug-likeness (QED) is 0.834. The van der Waals surface area contributed by atoms with Gasteiger partial charge in [0.1, 0.15) is 5.75 Å². The Labute approximate surface area is 115 Å². The van der Waals surface area contributed by atoms with E-state index in [9.17, 15) is 0 Å². The highest BCUT2D eigenvalue weighted by atomic mass is 35.5. The maximum absolute atomic E-state index is 6.08. The van der Waals surface area contributed by atoms with Crippen molar-refractivity contribution in [3.05, 3.63) is 22.7 Å². The molecular weight excluding hydrogens is 248 g/mol. The smallest absolute Gasteiger partial charge is 0.143 e. The van der Waals surface area contributed by atoms with Crippen LogP contribution in [0.15, 0.2) is 12.1 Å². The van der Waals surface area contributed by atoms with Crippen LogP contribution in [0.3, 0.4) is 0 Å². The van der Waals surface area contributed by atoms with Crippen molar-refractivity contribution >= 4 is 17.3 Å². The van der Waals surface area contributed by atoms with E-state index in [2.05, 4.69) is 19.2 Å². The Bertz CT molecular complexity index is 394. The molecule has 0 aliphatic heterocycles. The average Bonchev–Trinajstić information content (AvgIpc) is 2.33. The topological polar surface area (TPSA) is 47.3 Å². The Hall–Kier alpha value is -0.930. The summed E-state index contributed by atoms with van der Waals surface area (Å²) in [4.78, 5) is 0. The molecule has 18 heavy (non-hydrogen) atoms. The monoisotopic (exact) mass is 270 g/mol. The molecule has 1 aromatic rings. The Kier molecular flexibility index (Phi) is 5.76. The third-order valence-electron chi connectivity index (χ3n) is 3.28. The third kappa shape index (κ3) is 3.79. The van der Waals surface area contributed by atoms with Crippen molar-refractivity contribution in [2.45, 2.75) is 20.8 Å². The van der Waals surface area contributed by atoms with Crippen molar-refractivity contribution in [1.29, 1.82) is 0 Å². The molecule has 0 bridgehead atoms. The van der Waals surface area contributed by atoms with Crippen LogP contribution in [0.2, 0.25) is 5.02 Å². The summed E-state index contributed by atoms with van der Waals surface area (Å²) in [7, 11) is 1.65. The average molecular weight is 271 g/mol. The first-order chi connectivity index (χ1) is 8.49. The summed E-state index contributed by atoms with van der Waals surface area (Å²) in [5.41, 5.74) is 7.78. The molecule has 0 fully saturated rings. The van der Waals surface area contributed by atoms with Gasteiger partial charge in [0.15, 0.2) is 0 Å². The molecule has 0 amide bonds. The number of nitrogens with one attached hydrogen (secondary N) is 1. The molecule has 0 aliphatic rings. The van der Waals surface area contributed by atoms with E-state index in [1.165, 1.54) is 0 Å². The van der Waals surface area contributed by atoms with Gasteiger partial charge in [0.05, 0.1) is 12.8 Å². The van der Waals surface area contributed by atoms with Gasteiger partial charge in [-0.25, -0.2) is 0 Å². The SMILES string of the molecule is COc1cc(Cl)c(C)cc1NCC(CN)C(C)C. The van der Waals surface area contributed by atoms with Gasteiger partial charge in [-0.1, -0.05) is 25.4 Å². The van der Waals surface area contributed by atoms with Crippen molar-refractivity contribution in [2.75, 3.05) is 25.5 Å². The minimum absolute atomic E-state index is 0.450. The number of ether oxygens (including phenoxy) is 1. The zero-order valence-electron chi connectivity index (χ0n) is 11.6. The van der Waals surface area contributed by atoms with Gasteiger partial charge in [0.25, 0.3) is 0 Å². The Balaban J connectivity index is 2.80. The van der Waals surface area contributed by atoms with E-state index in [4.69, 9.17) is 22.1 Å². The highest BCUT2D eigenvalue weighted by Crippen LogP contribution is 2.31. The largest absolute Gasteiger partial charge is 0.495 e. The van der Waals surface area contributed by atoms with Gasteiger partial charge >= 0.3 is 0 Å². The molecule has 0 aromatic heterocycles. The van der Waals surface area contributed by atoms with Gasteiger partial charge in [-0.3, -0.25) is 0 Å². The van der Waals surface area contributed by atoms with Crippen LogP contribution >= 0.6 is 11.6 Å². The Morgan fingerprint density at radius 2 is 2.06 bits per heavy atom. The first kappa shape index (κ1) is 15.1. The van der Waals surface area contributed by atoms with Crippen molar-refractivity contribution in [2.24, 2.45) is 17.6 Å². The lowest BCUT2D eigenvalue weighted by molar-refractivity contribution is 0.405. The summed E-state index contributed by atoms with van der Waals surface area (Å²) in [5.74, 6) is 1.78. The predicted octanol–water partition coefficient (Wildman–Crippen LogP) is 3.30. The second kappa shape index (κ2) is 6.86. The predicted molar refractivity (Wildman–Crippen MR) is 78.6 cm³/mol. The van der Waals surface area contributed by atoms with Crippen molar-refractivity contribution < 1.29 is 4.74 Å². The van der Waals surface area contributed by atoms with Crippen molar-refractivity contribution in [1.82, 2.24) is 0 Å². The molecule has 1 aromatic carbocycles. The van der Waals surface area contributed by atoms with E-state index >= 15 is 0 Å². The van der Waals surface area contributed by atoms with E-state index in [0.29, 0.717) is 18.4 Å². The molecule has 4 heteroatoms. The molecule has 1 rings (SSSR count). The molecule has 0 heterocycles. The summed E-state index contributed by atoms with van der Waals surface area (Å²) in [6.07, 6.45) is 0.